The first-order valence-corrected chi connectivity index (χ1v) is 7.14. The third-order valence-electron chi connectivity index (χ3n) is 3.95. The second-order valence-electron chi connectivity index (χ2n) is 6.77. The molecule has 0 heterocycles. The summed E-state index contributed by atoms with van der Waals surface area (Å²) in [6.07, 6.45) is 2.12. The fourth-order valence-electron chi connectivity index (χ4n) is 3.31. The standard InChI is InChI=1S/C16H21F2NO2/c1-9-6-10(8-16(2,3)7-9)21-15(20)13-11(17)4-5-12(19)14(13)18/h4-5,9-10H,6-8,19H2,1-3H3. The van der Waals surface area contributed by atoms with Crippen LogP contribution in [0.25, 0.3) is 0 Å². The van der Waals surface area contributed by atoms with Gasteiger partial charge in [0.2, 0.25) is 0 Å². The van der Waals surface area contributed by atoms with Gasteiger partial charge in [-0.1, -0.05) is 20.8 Å². The molecule has 1 aromatic carbocycles. The van der Waals surface area contributed by atoms with Gasteiger partial charge in [0.05, 0.1) is 5.69 Å². The minimum Gasteiger partial charge on any atom is -0.459 e. The average Bonchev–Trinajstić information content (AvgIpc) is 2.31. The molecule has 116 valence electrons. The van der Waals surface area contributed by atoms with Crippen molar-refractivity contribution >= 4 is 11.7 Å². The minimum absolute atomic E-state index is 0.0510. The second kappa shape index (κ2) is 5.62. The molecule has 2 N–H and O–H groups in total. The van der Waals surface area contributed by atoms with Crippen molar-refractivity contribution in [3.05, 3.63) is 29.3 Å². The Kier molecular flexibility index (Phi) is 4.21. The zero-order valence-corrected chi connectivity index (χ0v) is 12.6. The number of nitrogens with two attached hydrogens (primary N) is 1. The monoisotopic (exact) mass is 297 g/mol. The van der Waals surface area contributed by atoms with E-state index in [0.717, 1.165) is 18.6 Å². The van der Waals surface area contributed by atoms with Crippen molar-refractivity contribution in [1.82, 2.24) is 0 Å². The highest BCUT2D eigenvalue weighted by molar-refractivity contribution is 5.91. The van der Waals surface area contributed by atoms with Gasteiger partial charge in [0.1, 0.15) is 17.5 Å². The van der Waals surface area contributed by atoms with E-state index in [-0.39, 0.29) is 17.2 Å². The van der Waals surface area contributed by atoms with Crippen molar-refractivity contribution in [3.63, 3.8) is 0 Å². The summed E-state index contributed by atoms with van der Waals surface area (Å²) in [6, 6.07) is 2.07. The van der Waals surface area contributed by atoms with Crippen LogP contribution in [-0.4, -0.2) is 12.1 Å². The van der Waals surface area contributed by atoms with E-state index in [1.807, 2.05) is 0 Å². The van der Waals surface area contributed by atoms with E-state index >= 15 is 0 Å². The fraction of sp³-hybridized carbons (Fsp3) is 0.562. The summed E-state index contributed by atoms with van der Waals surface area (Å²) in [6.45, 7) is 6.29. The van der Waals surface area contributed by atoms with Gasteiger partial charge in [0.25, 0.3) is 0 Å². The van der Waals surface area contributed by atoms with Gasteiger partial charge in [-0.15, -0.1) is 0 Å². The maximum Gasteiger partial charge on any atom is 0.344 e. The topological polar surface area (TPSA) is 52.3 Å². The molecule has 0 aliphatic heterocycles. The van der Waals surface area contributed by atoms with Crippen LogP contribution < -0.4 is 5.73 Å². The van der Waals surface area contributed by atoms with Gasteiger partial charge in [0, 0.05) is 0 Å². The Hall–Kier alpha value is -1.65. The largest absolute Gasteiger partial charge is 0.459 e. The molecule has 1 fully saturated rings. The van der Waals surface area contributed by atoms with Crippen LogP contribution in [0.1, 0.15) is 50.4 Å². The third-order valence-corrected chi connectivity index (χ3v) is 3.95. The lowest BCUT2D eigenvalue weighted by Gasteiger charge is -2.38. The molecule has 1 saturated carbocycles. The van der Waals surface area contributed by atoms with E-state index in [9.17, 15) is 13.6 Å². The molecule has 3 nitrogen and oxygen atoms in total. The maximum absolute atomic E-state index is 13.8. The Morgan fingerprint density at radius 1 is 1.33 bits per heavy atom. The van der Waals surface area contributed by atoms with E-state index in [1.54, 1.807) is 0 Å². The first-order chi connectivity index (χ1) is 9.69. The maximum atomic E-state index is 13.8. The van der Waals surface area contributed by atoms with Crippen LogP contribution in [0.5, 0.6) is 0 Å². The Morgan fingerprint density at radius 3 is 2.62 bits per heavy atom. The average molecular weight is 297 g/mol. The zero-order chi connectivity index (χ0) is 15.8. The van der Waals surface area contributed by atoms with Gasteiger partial charge in [-0.3, -0.25) is 0 Å². The highest BCUT2D eigenvalue weighted by Gasteiger charge is 2.35. The predicted octanol–water partition coefficient (Wildman–Crippen LogP) is 3.92. The molecule has 2 rings (SSSR count). The van der Waals surface area contributed by atoms with Gasteiger partial charge in [-0.25, -0.2) is 13.6 Å². The van der Waals surface area contributed by atoms with Crippen molar-refractivity contribution in [1.29, 1.82) is 0 Å². The number of benzene rings is 1. The van der Waals surface area contributed by atoms with Crippen LogP contribution in [0.15, 0.2) is 12.1 Å². The Bertz CT molecular complexity index is 557. The molecule has 1 aliphatic rings. The molecular formula is C16H21F2NO2. The van der Waals surface area contributed by atoms with Crippen molar-refractivity contribution in [2.45, 2.75) is 46.1 Å². The summed E-state index contributed by atoms with van der Waals surface area (Å²) in [5.41, 5.74) is 4.46. The summed E-state index contributed by atoms with van der Waals surface area (Å²) >= 11 is 0. The number of carbonyl (C=O) groups is 1. The predicted molar refractivity (Wildman–Crippen MR) is 76.8 cm³/mol. The normalized spacial score (nSPS) is 24.6. The Balaban J connectivity index is 2.17. The number of hydrogen-bond acceptors (Lipinski definition) is 3. The molecule has 21 heavy (non-hydrogen) atoms. The van der Waals surface area contributed by atoms with Gasteiger partial charge >= 0.3 is 5.97 Å². The number of nitrogen functional groups attached to an aromatic ring is 1. The van der Waals surface area contributed by atoms with E-state index in [0.29, 0.717) is 18.8 Å². The minimum atomic E-state index is -1.05. The SMILES string of the molecule is CC1CC(OC(=O)c2c(F)ccc(N)c2F)CC(C)(C)C1. The number of esters is 1. The number of ether oxygens (including phenoxy) is 1. The highest BCUT2D eigenvalue weighted by Crippen LogP contribution is 2.40. The van der Waals surface area contributed by atoms with Gasteiger partial charge in [-0.2, -0.15) is 0 Å². The van der Waals surface area contributed by atoms with Gasteiger partial charge < -0.3 is 10.5 Å². The lowest BCUT2D eigenvalue weighted by Crippen LogP contribution is -2.34. The highest BCUT2D eigenvalue weighted by atomic mass is 19.1. The summed E-state index contributed by atoms with van der Waals surface area (Å²) in [5, 5.41) is 0. The number of hydrogen-bond donors (Lipinski definition) is 1. The molecule has 0 saturated heterocycles. The van der Waals surface area contributed by atoms with Crippen LogP contribution in [0.2, 0.25) is 0 Å². The molecule has 5 heteroatoms. The quantitative estimate of drug-likeness (QED) is 0.665. The first-order valence-electron chi connectivity index (χ1n) is 7.14. The van der Waals surface area contributed by atoms with E-state index < -0.39 is 23.2 Å². The van der Waals surface area contributed by atoms with Crippen molar-refractivity contribution in [2.75, 3.05) is 5.73 Å². The smallest absolute Gasteiger partial charge is 0.344 e. The molecule has 1 aromatic rings. The summed E-state index contributed by atoms with van der Waals surface area (Å²) in [7, 11) is 0. The van der Waals surface area contributed by atoms with Crippen LogP contribution in [0.3, 0.4) is 0 Å². The van der Waals surface area contributed by atoms with Crippen LogP contribution in [0, 0.1) is 23.0 Å². The number of rotatable bonds is 2. The molecule has 0 radical (unpaired) electrons. The molecule has 0 amide bonds. The Labute approximate surface area is 123 Å². The van der Waals surface area contributed by atoms with Crippen molar-refractivity contribution < 1.29 is 18.3 Å². The van der Waals surface area contributed by atoms with Crippen LogP contribution in [0.4, 0.5) is 14.5 Å². The van der Waals surface area contributed by atoms with E-state index in [2.05, 4.69) is 20.8 Å². The van der Waals surface area contributed by atoms with Crippen LogP contribution >= 0.6 is 0 Å². The van der Waals surface area contributed by atoms with Crippen LogP contribution in [-0.2, 0) is 4.74 Å². The molecule has 0 bridgehead atoms. The Morgan fingerprint density at radius 2 is 2.00 bits per heavy atom. The van der Waals surface area contributed by atoms with E-state index in [1.165, 1.54) is 0 Å². The molecular weight excluding hydrogens is 276 g/mol. The number of anilines is 1. The van der Waals surface area contributed by atoms with Crippen molar-refractivity contribution in [3.8, 4) is 0 Å². The lowest BCUT2D eigenvalue weighted by molar-refractivity contribution is -0.00788. The van der Waals surface area contributed by atoms with Crippen molar-refractivity contribution in [2.24, 2.45) is 11.3 Å². The fourth-order valence-corrected chi connectivity index (χ4v) is 3.31. The number of halogens is 2. The molecule has 2 unspecified atom stereocenters. The summed E-state index contributed by atoms with van der Waals surface area (Å²) in [5.74, 6) is -2.58. The third kappa shape index (κ3) is 3.52. The second-order valence-corrected chi connectivity index (χ2v) is 6.77. The lowest BCUT2D eigenvalue weighted by atomic mass is 9.71. The number of carbonyl (C=O) groups excluding carboxylic acids is 1. The van der Waals surface area contributed by atoms with Gasteiger partial charge in [-0.05, 0) is 42.7 Å². The molecule has 0 aromatic heterocycles. The first kappa shape index (κ1) is 15.7. The zero-order valence-electron chi connectivity index (χ0n) is 12.6. The summed E-state index contributed by atoms with van der Waals surface area (Å²) in [4.78, 5) is 12.1. The summed E-state index contributed by atoms with van der Waals surface area (Å²) < 4.78 is 32.8. The van der Waals surface area contributed by atoms with Gasteiger partial charge in [0.15, 0.2) is 5.82 Å². The molecule has 1 aliphatic carbocycles. The molecule has 0 spiro atoms. The van der Waals surface area contributed by atoms with E-state index in [4.69, 9.17) is 10.5 Å². The molecule has 2 atom stereocenters.